The third-order valence-electron chi connectivity index (χ3n) is 2.48. The minimum atomic E-state index is 0.185. The van der Waals surface area contributed by atoms with Gasteiger partial charge in [0.15, 0.2) is 0 Å². The van der Waals surface area contributed by atoms with Crippen LogP contribution in [0.3, 0.4) is 0 Å². The number of hydrogen-bond donors (Lipinski definition) is 1. The van der Waals surface area contributed by atoms with Gasteiger partial charge in [0.2, 0.25) is 0 Å². The number of hydrogen-bond acceptors (Lipinski definition) is 3. The van der Waals surface area contributed by atoms with E-state index in [2.05, 4.69) is 26.1 Å². The third-order valence-corrected chi connectivity index (χ3v) is 2.48. The summed E-state index contributed by atoms with van der Waals surface area (Å²) >= 11 is 0. The van der Waals surface area contributed by atoms with Crippen LogP contribution in [0.5, 0.6) is 0 Å². The van der Waals surface area contributed by atoms with E-state index >= 15 is 0 Å². The molecule has 1 heterocycles. The van der Waals surface area contributed by atoms with Crippen LogP contribution in [0.2, 0.25) is 0 Å². The maximum atomic E-state index is 5.58. The van der Waals surface area contributed by atoms with Crippen molar-refractivity contribution in [3.63, 3.8) is 0 Å². The van der Waals surface area contributed by atoms with Crippen molar-refractivity contribution in [2.45, 2.75) is 51.7 Å². The van der Waals surface area contributed by atoms with Crippen LogP contribution in [0.1, 0.15) is 40.0 Å². The minimum Gasteiger partial charge on any atom is -0.377 e. The molecule has 0 spiro atoms. The fourth-order valence-electron chi connectivity index (χ4n) is 1.65. The molecule has 0 aromatic carbocycles. The topological polar surface area (TPSA) is 30.5 Å². The lowest BCUT2D eigenvalue weighted by Gasteiger charge is -2.23. The van der Waals surface area contributed by atoms with E-state index in [-0.39, 0.29) is 5.54 Å². The number of rotatable bonds is 5. The molecule has 0 aromatic rings. The van der Waals surface area contributed by atoms with Gasteiger partial charge in [-0.3, -0.25) is 0 Å². The second-order valence-corrected chi connectivity index (χ2v) is 5.24. The summed E-state index contributed by atoms with van der Waals surface area (Å²) in [7, 11) is 0. The molecule has 3 nitrogen and oxygen atoms in total. The Labute approximate surface area is 93.5 Å². The molecule has 1 aliphatic heterocycles. The molecule has 1 fully saturated rings. The molecule has 1 unspecified atom stereocenters. The average molecular weight is 215 g/mol. The summed E-state index contributed by atoms with van der Waals surface area (Å²) in [5.41, 5.74) is 0.185. The first-order valence-electron chi connectivity index (χ1n) is 6.02. The molecule has 15 heavy (non-hydrogen) atoms. The van der Waals surface area contributed by atoms with E-state index in [0.29, 0.717) is 6.10 Å². The Morgan fingerprint density at radius 1 is 1.33 bits per heavy atom. The van der Waals surface area contributed by atoms with Crippen LogP contribution in [-0.4, -0.2) is 38.0 Å². The van der Waals surface area contributed by atoms with Gasteiger partial charge < -0.3 is 14.8 Å². The molecule has 1 rings (SSSR count). The highest BCUT2D eigenvalue weighted by atomic mass is 16.5. The molecule has 1 N–H and O–H groups in total. The van der Waals surface area contributed by atoms with Gasteiger partial charge in [-0.25, -0.2) is 0 Å². The quantitative estimate of drug-likeness (QED) is 0.711. The fraction of sp³-hybridized carbons (Fsp3) is 1.00. The standard InChI is InChI=1S/C12H25NO2/c1-12(2,3)13-7-9-14-10-11-6-4-5-8-15-11/h11,13H,4-10H2,1-3H3. The zero-order valence-electron chi connectivity index (χ0n) is 10.3. The van der Waals surface area contributed by atoms with Gasteiger partial charge in [0.05, 0.1) is 19.3 Å². The summed E-state index contributed by atoms with van der Waals surface area (Å²) < 4.78 is 11.2. The third kappa shape index (κ3) is 6.88. The van der Waals surface area contributed by atoms with Crippen molar-refractivity contribution in [3.05, 3.63) is 0 Å². The van der Waals surface area contributed by atoms with E-state index < -0.39 is 0 Å². The highest BCUT2D eigenvalue weighted by Crippen LogP contribution is 2.12. The molecule has 0 amide bonds. The molecular formula is C12H25NO2. The van der Waals surface area contributed by atoms with Gasteiger partial charge in [-0.1, -0.05) is 0 Å². The highest BCUT2D eigenvalue weighted by Gasteiger charge is 2.13. The summed E-state index contributed by atoms with van der Waals surface area (Å²) in [6.45, 7) is 9.85. The fourth-order valence-corrected chi connectivity index (χ4v) is 1.65. The monoisotopic (exact) mass is 215 g/mol. The first-order chi connectivity index (χ1) is 7.08. The number of ether oxygens (including phenoxy) is 2. The Hall–Kier alpha value is -0.120. The lowest BCUT2D eigenvalue weighted by molar-refractivity contribution is -0.0403. The average Bonchev–Trinajstić information content (AvgIpc) is 2.17. The zero-order valence-corrected chi connectivity index (χ0v) is 10.3. The van der Waals surface area contributed by atoms with Crippen LogP contribution in [0, 0.1) is 0 Å². The van der Waals surface area contributed by atoms with E-state index in [4.69, 9.17) is 9.47 Å². The molecule has 1 atom stereocenters. The molecule has 0 aromatic heterocycles. The second-order valence-electron chi connectivity index (χ2n) is 5.24. The smallest absolute Gasteiger partial charge is 0.0808 e. The van der Waals surface area contributed by atoms with Crippen molar-refractivity contribution in [1.82, 2.24) is 5.32 Å². The largest absolute Gasteiger partial charge is 0.377 e. The van der Waals surface area contributed by atoms with Crippen molar-refractivity contribution in [1.29, 1.82) is 0 Å². The van der Waals surface area contributed by atoms with Crippen LogP contribution in [-0.2, 0) is 9.47 Å². The lowest BCUT2D eigenvalue weighted by Crippen LogP contribution is -2.38. The van der Waals surface area contributed by atoms with Crippen molar-refractivity contribution >= 4 is 0 Å². The van der Waals surface area contributed by atoms with Gasteiger partial charge in [-0.05, 0) is 40.0 Å². The normalized spacial score (nSPS) is 23.0. The molecule has 3 heteroatoms. The van der Waals surface area contributed by atoms with Crippen LogP contribution >= 0.6 is 0 Å². The van der Waals surface area contributed by atoms with Crippen LogP contribution < -0.4 is 5.32 Å². The van der Waals surface area contributed by atoms with Gasteiger partial charge in [0.25, 0.3) is 0 Å². The molecule has 1 aliphatic rings. The van der Waals surface area contributed by atoms with Gasteiger partial charge in [-0.15, -0.1) is 0 Å². The zero-order chi connectivity index (χ0) is 11.1. The lowest BCUT2D eigenvalue weighted by atomic mass is 10.1. The molecule has 0 aliphatic carbocycles. The van der Waals surface area contributed by atoms with Gasteiger partial charge in [0, 0.05) is 18.7 Å². The predicted molar refractivity (Wildman–Crippen MR) is 62.2 cm³/mol. The van der Waals surface area contributed by atoms with Crippen molar-refractivity contribution in [2.75, 3.05) is 26.4 Å². The summed E-state index contributed by atoms with van der Waals surface area (Å²) in [6.07, 6.45) is 4.00. The predicted octanol–water partition coefficient (Wildman–Crippen LogP) is 1.96. The maximum absolute atomic E-state index is 5.58. The van der Waals surface area contributed by atoms with E-state index in [9.17, 15) is 0 Å². The first-order valence-corrected chi connectivity index (χ1v) is 6.02. The first kappa shape index (κ1) is 12.9. The summed E-state index contributed by atoms with van der Waals surface area (Å²) in [6, 6.07) is 0. The van der Waals surface area contributed by atoms with E-state index in [1.165, 1.54) is 12.8 Å². The summed E-state index contributed by atoms with van der Waals surface area (Å²) in [5, 5.41) is 3.39. The molecule has 0 radical (unpaired) electrons. The van der Waals surface area contributed by atoms with E-state index in [0.717, 1.165) is 32.8 Å². The van der Waals surface area contributed by atoms with Crippen LogP contribution in [0.15, 0.2) is 0 Å². The van der Waals surface area contributed by atoms with Gasteiger partial charge >= 0.3 is 0 Å². The molecule has 0 saturated carbocycles. The van der Waals surface area contributed by atoms with Crippen molar-refractivity contribution in [3.8, 4) is 0 Å². The van der Waals surface area contributed by atoms with Crippen LogP contribution in [0.4, 0.5) is 0 Å². The Morgan fingerprint density at radius 3 is 2.73 bits per heavy atom. The SMILES string of the molecule is CC(C)(C)NCCOCC1CCCCO1. The molecule has 0 bridgehead atoms. The number of nitrogens with one attached hydrogen (secondary N) is 1. The van der Waals surface area contributed by atoms with E-state index in [1.807, 2.05) is 0 Å². The molecule has 1 saturated heterocycles. The molecule has 90 valence electrons. The van der Waals surface area contributed by atoms with Crippen molar-refractivity contribution in [2.24, 2.45) is 0 Å². The minimum absolute atomic E-state index is 0.185. The Morgan fingerprint density at radius 2 is 2.13 bits per heavy atom. The van der Waals surface area contributed by atoms with Gasteiger partial charge in [-0.2, -0.15) is 0 Å². The van der Waals surface area contributed by atoms with Gasteiger partial charge in [0.1, 0.15) is 0 Å². The Kier molecular flexibility index (Phi) is 5.58. The summed E-state index contributed by atoms with van der Waals surface area (Å²) in [4.78, 5) is 0. The Bertz CT molecular complexity index is 159. The highest BCUT2D eigenvalue weighted by molar-refractivity contribution is 4.69. The summed E-state index contributed by atoms with van der Waals surface area (Å²) in [5.74, 6) is 0. The molecular weight excluding hydrogens is 190 g/mol. The maximum Gasteiger partial charge on any atom is 0.0808 e. The Balaban J connectivity index is 1.92. The second kappa shape index (κ2) is 6.46. The van der Waals surface area contributed by atoms with Crippen LogP contribution in [0.25, 0.3) is 0 Å². The van der Waals surface area contributed by atoms with Crippen molar-refractivity contribution < 1.29 is 9.47 Å². The van der Waals surface area contributed by atoms with E-state index in [1.54, 1.807) is 0 Å².